The van der Waals surface area contributed by atoms with E-state index in [-0.39, 0.29) is 17.9 Å². The third-order valence-corrected chi connectivity index (χ3v) is 5.02. The van der Waals surface area contributed by atoms with Crippen LogP contribution in [-0.4, -0.2) is 42.5 Å². The van der Waals surface area contributed by atoms with Crippen molar-refractivity contribution in [3.05, 3.63) is 23.8 Å². The zero-order valence-electron chi connectivity index (χ0n) is 15.7. The quantitative estimate of drug-likeness (QED) is 0.822. The van der Waals surface area contributed by atoms with E-state index in [1.807, 2.05) is 39.0 Å². The van der Waals surface area contributed by atoms with Gasteiger partial charge in [-0.15, -0.1) is 0 Å². The number of amides is 2. The van der Waals surface area contributed by atoms with Crippen molar-refractivity contribution in [1.82, 2.24) is 10.2 Å². The van der Waals surface area contributed by atoms with Crippen LogP contribution < -0.4 is 14.8 Å². The summed E-state index contributed by atoms with van der Waals surface area (Å²) in [7, 11) is 3.18. The first kappa shape index (κ1) is 19.1. The first-order valence-corrected chi connectivity index (χ1v) is 8.68. The number of hydrogen-bond acceptors (Lipinski definition) is 4. The smallest absolute Gasteiger partial charge is 0.245 e. The molecule has 2 rings (SSSR count). The van der Waals surface area contributed by atoms with Crippen LogP contribution >= 0.6 is 0 Å². The van der Waals surface area contributed by atoms with Crippen molar-refractivity contribution in [1.29, 1.82) is 0 Å². The number of methoxy groups -OCH3 is 2. The molecule has 1 heterocycles. The Morgan fingerprint density at radius 2 is 2.08 bits per heavy atom. The van der Waals surface area contributed by atoms with E-state index in [0.29, 0.717) is 30.9 Å². The van der Waals surface area contributed by atoms with Crippen LogP contribution in [0.1, 0.15) is 45.6 Å². The average molecular weight is 348 g/mol. The van der Waals surface area contributed by atoms with Crippen LogP contribution in [0.3, 0.4) is 0 Å². The van der Waals surface area contributed by atoms with Crippen molar-refractivity contribution < 1.29 is 19.1 Å². The molecule has 1 aliphatic rings. The van der Waals surface area contributed by atoms with Gasteiger partial charge in [0.2, 0.25) is 11.8 Å². The molecule has 138 valence electrons. The summed E-state index contributed by atoms with van der Waals surface area (Å²) in [6.07, 6.45) is 1.73. The Labute approximate surface area is 149 Å². The third-order valence-electron chi connectivity index (χ3n) is 5.02. The predicted molar refractivity (Wildman–Crippen MR) is 95.6 cm³/mol. The lowest BCUT2D eigenvalue weighted by Crippen LogP contribution is -2.55. The zero-order chi connectivity index (χ0) is 18.6. The number of likely N-dealkylation sites (tertiary alicyclic amines) is 1. The van der Waals surface area contributed by atoms with Gasteiger partial charge in [-0.2, -0.15) is 0 Å². The molecule has 0 aromatic heterocycles. The minimum Gasteiger partial charge on any atom is -0.497 e. The van der Waals surface area contributed by atoms with Crippen molar-refractivity contribution in [3.8, 4) is 11.5 Å². The van der Waals surface area contributed by atoms with Crippen LogP contribution in [0.5, 0.6) is 11.5 Å². The second kappa shape index (κ2) is 7.76. The molecule has 0 bridgehead atoms. The molecule has 25 heavy (non-hydrogen) atoms. The predicted octanol–water partition coefficient (Wildman–Crippen LogP) is 2.50. The molecule has 6 heteroatoms. The van der Waals surface area contributed by atoms with Gasteiger partial charge in [-0.25, -0.2) is 0 Å². The first-order valence-electron chi connectivity index (χ1n) is 8.68. The van der Waals surface area contributed by atoms with E-state index in [1.54, 1.807) is 19.1 Å². The SMILES string of the molecule is CCC(C)NC(=O)C1(C)CCC(=O)N1Cc1cc(OC)ccc1OC. The highest BCUT2D eigenvalue weighted by molar-refractivity contribution is 5.94. The number of nitrogens with zero attached hydrogens (tertiary/aromatic N) is 1. The minimum atomic E-state index is -0.853. The van der Waals surface area contributed by atoms with Gasteiger partial charge in [0.25, 0.3) is 0 Å². The van der Waals surface area contributed by atoms with E-state index in [0.717, 1.165) is 12.0 Å². The summed E-state index contributed by atoms with van der Waals surface area (Å²) in [5.74, 6) is 1.24. The Bertz CT molecular complexity index is 646. The average Bonchev–Trinajstić information content (AvgIpc) is 2.91. The molecule has 1 aromatic carbocycles. The molecule has 2 atom stereocenters. The van der Waals surface area contributed by atoms with Crippen LogP contribution in [0.15, 0.2) is 18.2 Å². The lowest BCUT2D eigenvalue weighted by Gasteiger charge is -2.35. The Balaban J connectivity index is 2.29. The molecular formula is C19H28N2O4. The Hall–Kier alpha value is -2.24. The molecule has 1 N–H and O–H groups in total. The molecule has 0 radical (unpaired) electrons. The second-order valence-corrected chi connectivity index (χ2v) is 6.71. The zero-order valence-corrected chi connectivity index (χ0v) is 15.7. The maximum absolute atomic E-state index is 12.8. The van der Waals surface area contributed by atoms with Gasteiger partial charge >= 0.3 is 0 Å². The van der Waals surface area contributed by atoms with Crippen LogP contribution in [0.2, 0.25) is 0 Å². The van der Waals surface area contributed by atoms with Crippen LogP contribution in [0, 0.1) is 0 Å². The number of carbonyl (C=O) groups is 2. The molecule has 6 nitrogen and oxygen atoms in total. The molecule has 1 aliphatic heterocycles. The van der Waals surface area contributed by atoms with Gasteiger partial charge in [-0.3, -0.25) is 9.59 Å². The highest BCUT2D eigenvalue weighted by Crippen LogP contribution is 2.34. The maximum atomic E-state index is 12.8. The van der Waals surface area contributed by atoms with Crippen molar-refractivity contribution in [2.45, 2.75) is 58.2 Å². The summed E-state index contributed by atoms with van der Waals surface area (Å²) in [6, 6.07) is 5.54. The monoisotopic (exact) mass is 348 g/mol. The van der Waals surface area contributed by atoms with Gasteiger partial charge in [0, 0.05) is 18.0 Å². The fraction of sp³-hybridized carbons (Fsp3) is 0.579. The number of rotatable bonds is 7. The van der Waals surface area contributed by atoms with E-state index in [2.05, 4.69) is 5.32 Å². The van der Waals surface area contributed by atoms with Crippen molar-refractivity contribution in [2.24, 2.45) is 0 Å². The first-order chi connectivity index (χ1) is 11.8. The number of nitrogens with one attached hydrogen (secondary N) is 1. The van der Waals surface area contributed by atoms with E-state index in [9.17, 15) is 9.59 Å². The third kappa shape index (κ3) is 3.89. The highest BCUT2D eigenvalue weighted by atomic mass is 16.5. The Morgan fingerprint density at radius 1 is 1.36 bits per heavy atom. The van der Waals surface area contributed by atoms with Gasteiger partial charge in [0.05, 0.1) is 20.8 Å². The molecule has 1 aromatic rings. The van der Waals surface area contributed by atoms with Crippen molar-refractivity contribution >= 4 is 11.8 Å². The number of benzene rings is 1. The fourth-order valence-electron chi connectivity index (χ4n) is 3.05. The Morgan fingerprint density at radius 3 is 2.68 bits per heavy atom. The normalized spacial score (nSPS) is 21.2. The van der Waals surface area contributed by atoms with Crippen LogP contribution in [0.25, 0.3) is 0 Å². The van der Waals surface area contributed by atoms with E-state index in [4.69, 9.17) is 9.47 Å². The molecular weight excluding hydrogens is 320 g/mol. The van der Waals surface area contributed by atoms with Crippen molar-refractivity contribution in [2.75, 3.05) is 14.2 Å². The molecule has 1 fully saturated rings. The molecule has 2 unspecified atom stereocenters. The highest BCUT2D eigenvalue weighted by Gasteiger charge is 2.47. The van der Waals surface area contributed by atoms with E-state index in [1.165, 1.54) is 0 Å². The fourth-order valence-corrected chi connectivity index (χ4v) is 3.05. The van der Waals surface area contributed by atoms with Gasteiger partial charge in [0.1, 0.15) is 17.0 Å². The number of hydrogen-bond donors (Lipinski definition) is 1. The standard InChI is InChI=1S/C19H28N2O4/c1-6-13(2)20-18(23)19(3)10-9-17(22)21(19)12-14-11-15(24-4)7-8-16(14)25-5/h7-8,11,13H,6,9-10,12H2,1-5H3,(H,20,23). The molecule has 2 amide bonds. The number of ether oxygens (including phenoxy) is 2. The summed E-state index contributed by atoms with van der Waals surface area (Å²) < 4.78 is 10.7. The molecule has 0 spiro atoms. The summed E-state index contributed by atoms with van der Waals surface area (Å²) >= 11 is 0. The van der Waals surface area contributed by atoms with Crippen LogP contribution in [0.4, 0.5) is 0 Å². The number of carbonyl (C=O) groups excluding carboxylic acids is 2. The van der Waals surface area contributed by atoms with Gasteiger partial charge < -0.3 is 19.7 Å². The summed E-state index contributed by atoms with van der Waals surface area (Å²) in [5.41, 5.74) is -0.0334. The minimum absolute atomic E-state index is 0.0216. The van der Waals surface area contributed by atoms with Crippen LogP contribution in [-0.2, 0) is 16.1 Å². The maximum Gasteiger partial charge on any atom is 0.245 e. The lowest BCUT2D eigenvalue weighted by molar-refractivity contribution is -0.141. The summed E-state index contributed by atoms with van der Waals surface area (Å²) in [5, 5.41) is 3.01. The Kier molecular flexibility index (Phi) is 5.93. The summed E-state index contributed by atoms with van der Waals surface area (Å²) in [4.78, 5) is 26.9. The summed E-state index contributed by atoms with van der Waals surface area (Å²) in [6.45, 7) is 6.13. The van der Waals surface area contributed by atoms with E-state index >= 15 is 0 Å². The van der Waals surface area contributed by atoms with Gasteiger partial charge in [-0.05, 0) is 44.9 Å². The van der Waals surface area contributed by atoms with Gasteiger partial charge in [0.15, 0.2) is 0 Å². The lowest BCUT2D eigenvalue weighted by atomic mass is 9.96. The second-order valence-electron chi connectivity index (χ2n) is 6.71. The topological polar surface area (TPSA) is 67.9 Å². The molecule has 0 saturated carbocycles. The van der Waals surface area contributed by atoms with Crippen molar-refractivity contribution in [3.63, 3.8) is 0 Å². The van der Waals surface area contributed by atoms with E-state index < -0.39 is 5.54 Å². The van der Waals surface area contributed by atoms with Gasteiger partial charge in [-0.1, -0.05) is 6.92 Å². The molecule has 0 aliphatic carbocycles. The largest absolute Gasteiger partial charge is 0.497 e. The molecule has 1 saturated heterocycles.